The minimum atomic E-state index is -0.662. The Morgan fingerprint density at radius 3 is 2.21 bits per heavy atom. The molecule has 0 spiro atoms. The summed E-state index contributed by atoms with van der Waals surface area (Å²) in [5.41, 5.74) is 8.96. The van der Waals surface area contributed by atoms with Gasteiger partial charge in [0.15, 0.2) is 23.0 Å². The molecule has 3 aromatic rings. The van der Waals surface area contributed by atoms with Crippen molar-refractivity contribution in [3.05, 3.63) is 52.9 Å². The van der Waals surface area contributed by atoms with Crippen LogP contribution in [0.3, 0.4) is 0 Å². The van der Waals surface area contributed by atoms with Crippen LogP contribution in [0.4, 0.5) is 0 Å². The Balaban J connectivity index is 1.99. The second kappa shape index (κ2) is 9.15. The van der Waals surface area contributed by atoms with E-state index in [4.69, 9.17) is 34.2 Å². The van der Waals surface area contributed by atoms with Gasteiger partial charge in [-0.3, -0.25) is 5.10 Å². The third kappa shape index (κ3) is 3.47. The summed E-state index contributed by atoms with van der Waals surface area (Å²) in [6, 6.07) is 11.2. The molecule has 34 heavy (non-hydrogen) atoms. The van der Waals surface area contributed by atoms with Gasteiger partial charge in [0.25, 0.3) is 0 Å². The molecule has 0 amide bonds. The molecule has 2 aromatic carbocycles. The van der Waals surface area contributed by atoms with Crippen molar-refractivity contribution < 1.29 is 28.4 Å². The molecule has 1 aliphatic heterocycles. The van der Waals surface area contributed by atoms with E-state index in [0.29, 0.717) is 45.6 Å². The predicted octanol–water partition coefficient (Wildman–Crippen LogP) is 3.34. The van der Waals surface area contributed by atoms with Gasteiger partial charge in [-0.15, -0.1) is 5.10 Å². The van der Waals surface area contributed by atoms with Crippen LogP contribution >= 0.6 is 0 Å². The zero-order chi connectivity index (χ0) is 24.4. The van der Waals surface area contributed by atoms with E-state index in [2.05, 4.69) is 16.3 Å². The van der Waals surface area contributed by atoms with Crippen LogP contribution in [0.2, 0.25) is 0 Å². The Morgan fingerprint density at radius 1 is 0.912 bits per heavy atom. The maximum atomic E-state index is 10.0. The number of rotatable bonds is 7. The van der Waals surface area contributed by atoms with Crippen LogP contribution in [0.15, 0.2) is 41.8 Å². The maximum absolute atomic E-state index is 10.0. The number of aromatic nitrogens is 2. The van der Waals surface area contributed by atoms with Crippen molar-refractivity contribution in [1.29, 1.82) is 5.26 Å². The largest absolute Gasteiger partial charge is 0.493 e. The van der Waals surface area contributed by atoms with Crippen molar-refractivity contribution in [1.82, 2.24) is 10.2 Å². The normalized spacial score (nSPS) is 14.5. The quantitative estimate of drug-likeness (QED) is 0.540. The SMILES string of the molecule is COc1ccc(-c2[nH]nc3c2[C@@H](c2ccc(OC)c(OC)c2OC)C(C#N)=C(N)O3)cc1OC. The molecule has 1 aliphatic rings. The molecule has 10 nitrogen and oxygen atoms in total. The zero-order valence-corrected chi connectivity index (χ0v) is 19.4. The van der Waals surface area contributed by atoms with Crippen molar-refractivity contribution in [2.75, 3.05) is 35.5 Å². The number of hydrogen-bond donors (Lipinski definition) is 2. The number of nitrogens with zero attached hydrogens (tertiary/aromatic N) is 2. The van der Waals surface area contributed by atoms with E-state index in [1.807, 2.05) is 12.1 Å². The Morgan fingerprint density at radius 2 is 1.59 bits per heavy atom. The smallest absolute Gasteiger partial charge is 0.244 e. The summed E-state index contributed by atoms with van der Waals surface area (Å²) in [4.78, 5) is 0. The number of aromatic amines is 1. The highest BCUT2D eigenvalue weighted by atomic mass is 16.5. The fraction of sp³-hybridized carbons (Fsp3) is 0.250. The number of methoxy groups -OCH3 is 5. The first-order valence-electron chi connectivity index (χ1n) is 10.2. The lowest BCUT2D eigenvalue weighted by atomic mass is 9.82. The summed E-state index contributed by atoms with van der Waals surface area (Å²) in [6.07, 6.45) is 0. The molecule has 1 atom stereocenters. The van der Waals surface area contributed by atoms with Crippen molar-refractivity contribution in [2.45, 2.75) is 5.92 Å². The van der Waals surface area contributed by atoms with Crippen LogP contribution in [-0.4, -0.2) is 45.7 Å². The maximum Gasteiger partial charge on any atom is 0.244 e. The van der Waals surface area contributed by atoms with Gasteiger partial charge in [0.1, 0.15) is 11.6 Å². The van der Waals surface area contributed by atoms with Gasteiger partial charge >= 0.3 is 0 Å². The van der Waals surface area contributed by atoms with Gasteiger partial charge in [-0.05, 0) is 24.3 Å². The molecule has 3 N–H and O–H groups in total. The van der Waals surface area contributed by atoms with Gasteiger partial charge in [-0.1, -0.05) is 6.07 Å². The molecule has 1 aromatic heterocycles. The molecule has 176 valence electrons. The summed E-state index contributed by atoms with van der Waals surface area (Å²) in [5, 5.41) is 17.4. The van der Waals surface area contributed by atoms with Gasteiger partial charge in [-0.2, -0.15) is 5.26 Å². The molecule has 10 heteroatoms. The molecular formula is C24H24N4O6. The van der Waals surface area contributed by atoms with Crippen LogP contribution in [0, 0.1) is 11.3 Å². The Hall–Kier alpha value is -4.52. The minimum absolute atomic E-state index is 0.0396. The number of allylic oxidation sites excluding steroid dienone is 1. The van der Waals surface area contributed by atoms with Crippen molar-refractivity contribution in [3.8, 4) is 52.0 Å². The fourth-order valence-corrected chi connectivity index (χ4v) is 4.12. The monoisotopic (exact) mass is 464 g/mol. The number of benzene rings is 2. The molecule has 2 heterocycles. The lowest BCUT2D eigenvalue weighted by Crippen LogP contribution is -2.21. The van der Waals surface area contributed by atoms with Crippen LogP contribution < -0.4 is 34.2 Å². The van der Waals surface area contributed by atoms with Gasteiger partial charge in [0.05, 0.1) is 52.7 Å². The van der Waals surface area contributed by atoms with Crippen LogP contribution in [0.1, 0.15) is 17.0 Å². The van der Waals surface area contributed by atoms with Gasteiger partial charge in [-0.25, -0.2) is 0 Å². The van der Waals surface area contributed by atoms with Crippen LogP contribution in [0.25, 0.3) is 11.3 Å². The standard InChI is InChI=1S/C24H24N4O6/c1-29-15-8-6-12(10-17(15)31-3)20-19-18(14(11-25)23(26)34-24(19)28-27-20)13-7-9-16(30-2)22(33-5)21(13)32-4/h6-10,18H,26H2,1-5H3,(H,27,28)/t18-/m0/s1. The van der Waals surface area contributed by atoms with E-state index < -0.39 is 5.92 Å². The Bertz CT molecular complexity index is 1310. The number of fused-ring (bicyclic) bond motifs is 1. The van der Waals surface area contributed by atoms with E-state index >= 15 is 0 Å². The first-order chi connectivity index (χ1) is 16.5. The van der Waals surface area contributed by atoms with Crippen molar-refractivity contribution in [2.24, 2.45) is 5.73 Å². The second-order valence-corrected chi connectivity index (χ2v) is 7.24. The lowest BCUT2D eigenvalue weighted by Gasteiger charge is -2.26. The van der Waals surface area contributed by atoms with Gasteiger partial charge in [0.2, 0.25) is 17.5 Å². The van der Waals surface area contributed by atoms with E-state index in [0.717, 1.165) is 5.56 Å². The van der Waals surface area contributed by atoms with Crippen LogP contribution in [-0.2, 0) is 0 Å². The first-order valence-corrected chi connectivity index (χ1v) is 10.2. The van der Waals surface area contributed by atoms with E-state index in [9.17, 15) is 5.26 Å². The third-order valence-electron chi connectivity index (χ3n) is 5.66. The molecule has 0 radical (unpaired) electrons. The topological polar surface area (TPSA) is 134 Å². The van der Waals surface area contributed by atoms with E-state index in [-0.39, 0.29) is 17.3 Å². The first kappa shape index (κ1) is 22.7. The van der Waals surface area contributed by atoms with Crippen molar-refractivity contribution in [3.63, 3.8) is 0 Å². The van der Waals surface area contributed by atoms with Crippen molar-refractivity contribution >= 4 is 0 Å². The number of nitrogens with one attached hydrogen (secondary N) is 1. The number of ether oxygens (including phenoxy) is 6. The Labute approximate surface area is 196 Å². The summed E-state index contributed by atoms with van der Waals surface area (Å²) in [6.45, 7) is 0. The average molecular weight is 464 g/mol. The lowest BCUT2D eigenvalue weighted by molar-refractivity contribution is 0.321. The number of nitrogens with two attached hydrogens (primary N) is 1. The second-order valence-electron chi connectivity index (χ2n) is 7.24. The third-order valence-corrected chi connectivity index (χ3v) is 5.66. The highest BCUT2D eigenvalue weighted by molar-refractivity contribution is 5.74. The number of nitriles is 1. The zero-order valence-electron chi connectivity index (χ0n) is 19.4. The Kier molecular flexibility index (Phi) is 6.10. The molecule has 0 fully saturated rings. The summed E-state index contributed by atoms with van der Waals surface area (Å²) < 4.78 is 33.2. The molecular weight excluding hydrogens is 440 g/mol. The van der Waals surface area contributed by atoms with E-state index in [1.54, 1.807) is 32.4 Å². The molecule has 0 saturated carbocycles. The van der Waals surface area contributed by atoms with Gasteiger partial charge < -0.3 is 34.2 Å². The molecule has 0 saturated heterocycles. The van der Waals surface area contributed by atoms with E-state index in [1.165, 1.54) is 21.3 Å². The molecule has 0 aliphatic carbocycles. The highest BCUT2D eigenvalue weighted by Gasteiger charge is 2.38. The molecule has 0 unspecified atom stereocenters. The fourth-order valence-electron chi connectivity index (χ4n) is 4.12. The molecule has 4 rings (SSSR count). The number of hydrogen-bond acceptors (Lipinski definition) is 9. The predicted molar refractivity (Wildman–Crippen MR) is 123 cm³/mol. The number of H-pyrrole nitrogens is 1. The average Bonchev–Trinajstić information content (AvgIpc) is 3.29. The highest BCUT2D eigenvalue weighted by Crippen LogP contribution is 2.51. The van der Waals surface area contributed by atoms with Gasteiger partial charge in [0, 0.05) is 11.1 Å². The summed E-state index contributed by atoms with van der Waals surface area (Å²) in [7, 11) is 7.69. The molecule has 0 bridgehead atoms. The summed E-state index contributed by atoms with van der Waals surface area (Å²) in [5.74, 6) is 1.95. The van der Waals surface area contributed by atoms with Crippen LogP contribution in [0.5, 0.6) is 34.6 Å². The minimum Gasteiger partial charge on any atom is -0.493 e. The summed E-state index contributed by atoms with van der Waals surface area (Å²) >= 11 is 0.